The lowest BCUT2D eigenvalue weighted by molar-refractivity contribution is 0.105. The number of para-hydroxylation sites is 4. The van der Waals surface area contributed by atoms with Crippen LogP contribution in [0.1, 0.15) is 76.3 Å². The van der Waals surface area contributed by atoms with E-state index in [9.17, 15) is 10.2 Å². The molecule has 0 amide bonds. The molecule has 70 heavy (non-hydrogen) atoms. The quantitative estimate of drug-likeness (QED) is 0.128. The molecule has 2 heterocycles. The molecule has 352 valence electrons. The van der Waals surface area contributed by atoms with Crippen LogP contribution in [0.25, 0.3) is 77.2 Å². The Kier molecular flexibility index (Phi) is 11.8. The molecule has 8 heteroatoms. The zero-order chi connectivity index (χ0) is 48.2. The van der Waals surface area contributed by atoms with Crippen molar-refractivity contribution in [2.75, 3.05) is 13.2 Å². The number of nitrogens with zero attached hydrogens (tertiary/aromatic N) is 2. The highest BCUT2D eigenvalue weighted by atomic mass is 19.1. The molecular weight excluding hydrogens is 875 g/mol. The van der Waals surface area contributed by atoms with E-state index >= 15 is 8.78 Å². The molecule has 10 aromatic rings. The van der Waals surface area contributed by atoms with Gasteiger partial charge in [-0.1, -0.05) is 113 Å². The first-order valence-electron chi connectivity index (χ1n) is 24.6. The molecule has 0 aliphatic heterocycles. The topological polar surface area (TPSA) is 68.8 Å². The van der Waals surface area contributed by atoms with Gasteiger partial charge >= 0.3 is 0 Å². The molecule has 11 rings (SSSR count). The Balaban J connectivity index is 0.908. The Morgan fingerprint density at radius 1 is 0.457 bits per heavy atom. The lowest BCUT2D eigenvalue weighted by Crippen LogP contribution is -2.30. The summed E-state index contributed by atoms with van der Waals surface area (Å²) in [6.07, 6.45) is 3.88. The Hall–Kier alpha value is -7.58. The molecule has 2 aromatic heterocycles. The molecule has 2 unspecified atom stereocenters. The zero-order valence-electron chi connectivity index (χ0n) is 39.9. The van der Waals surface area contributed by atoms with Gasteiger partial charge in [-0.3, -0.25) is 0 Å². The summed E-state index contributed by atoms with van der Waals surface area (Å²) in [6.45, 7) is 9.17. The van der Waals surface area contributed by atoms with Crippen molar-refractivity contribution < 1.29 is 28.5 Å². The van der Waals surface area contributed by atoms with Crippen molar-refractivity contribution in [2.45, 2.75) is 65.2 Å². The van der Waals surface area contributed by atoms with Gasteiger partial charge in [0.2, 0.25) is 0 Å². The van der Waals surface area contributed by atoms with Crippen molar-refractivity contribution in [3.63, 3.8) is 0 Å². The first-order chi connectivity index (χ1) is 34.0. The summed E-state index contributed by atoms with van der Waals surface area (Å²) in [5.74, 6) is 0.598. The third-order valence-corrected chi connectivity index (χ3v) is 14.6. The van der Waals surface area contributed by atoms with Crippen LogP contribution in [0.4, 0.5) is 8.78 Å². The number of fused-ring (bicyclic) bond motifs is 6. The van der Waals surface area contributed by atoms with E-state index in [-0.39, 0.29) is 35.2 Å². The van der Waals surface area contributed by atoms with Crippen molar-refractivity contribution in [1.82, 2.24) is 9.13 Å². The molecule has 1 fully saturated rings. The fraction of sp³-hybridized carbons (Fsp3) is 0.226. The molecule has 1 aliphatic rings. The van der Waals surface area contributed by atoms with Gasteiger partial charge in [0.25, 0.3) is 0 Å². The third kappa shape index (κ3) is 7.99. The second-order valence-electron chi connectivity index (χ2n) is 19.6. The van der Waals surface area contributed by atoms with Crippen LogP contribution in [0.15, 0.2) is 158 Å². The maximum Gasteiger partial charge on any atom is 0.147 e. The largest absolute Gasteiger partial charge is 0.505 e. The summed E-state index contributed by atoms with van der Waals surface area (Å²) in [5.41, 5.74) is 9.03. The fourth-order valence-electron chi connectivity index (χ4n) is 10.9. The van der Waals surface area contributed by atoms with Crippen LogP contribution in [0.2, 0.25) is 0 Å². The van der Waals surface area contributed by atoms with Crippen LogP contribution in [0.5, 0.6) is 23.0 Å². The number of aromatic nitrogens is 2. The van der Waals surface area contributed by atoms with Gasteiger partial charge in [0, 0.05) is 43.8 Å². The molecule has 8 aromatic carbocycles. The molecular formula is C62H56F2N2O4. The smallest absolute Gasteiger partial charge is 0.147 e. The fourth-order valence-corrected chi connectivity index (χ4v) is 10.9. The minimum absolute atomic E-state index is 0.0394. The second kappa shape index (κ2) is 18.4. The van der Waals surface area contributed by atoms with Crippen LogP contribution >= 0.6 is 0 Å². The summed E-state index contributed by atoms with van der Waals surface area (Å²) < 4.78 is 48.5. The molecule has 1 saturated carbocycles. The number of benzene rings is 8. The van der Waals surface area contributed by atoms with Gasteiger partial charge in [-0.25, -0.2) is 8.78 Å². The summed E-state index contributed by atoms with van der Waals surface area (Å²) in [4.78, 5) is 0. The van der Waals surface area contributed by atoms with Crippen molar-refractivity contribution in [3.05, 3.63) is 180 Å². The van der Waals surface area contributed by atoms with Crippen LogP contribution in [0.3, 0.4) is 0 Å². The highest BCUT2D eigenvalue weighted by molar-refractivity contribution is 6.10. The number of ether oxygens (including phenoxy) is 2. The lowest BCUT2D eigenvalue weighted by atomic mass is 9.80. The molecule has 0 spiro atoms. The minimum atomic E-state index is -0.429. The van der Waals surface area contributed by atoms with E-state index < -0.39 is 11.6 Å². The molecule has 2 atom stereocenters. The Morgan fingerprint density at radius 3 is 1.14 bits per heavy atom. The van der Waals surface area contributed by atoms with Gasteiger partial charge in [0.05, 0.1) is 46.7 Å². The molecule has 0 bridgehead atoms. The number of phenolic OH excluding ortho intramolecular Hbond substituents is 2. The molecule has 1 aliphatic carbocycles. The number of hydrogen-bond acceptors (Lipinski definition) is 4. The van der Waals surface area contributed by atoms with Crippen molar-refractivity contribution in [3.8, 4) is 56.6 Å². The number of hydrogen-bond donors (Lipinski definition) is 2. The van der Waals surface area contributed by atoms with Crippen LogP contribution in [0, 0.1) is 23.5 Å². The standard InChI is InChI=1S/C62H56F2N2O4/c1-37(2)41-29-51(61(67)57(31-41)65-53-21-11-7-17-45(53)46-18-8-12-22-54(46)65)49-33-43(63)25-27-59(49)69-35-39-15-5-6-16-40(39)36-70-60-28-26-44(64)34-50(60)52-30-42(38(3)4)32-58(62(52)68)66-55-23-13-9-19-47(55)48-20-10-14-24-56(48)66/h7-14,17-34,37-40,67-68H,5-6,15-16,35-36H2,1-4H3. The van der Waals surface area contributed by atoms with Gasteiger partial charge in [-0.05, 0) is 133 Å². The highest BCUT2D eigenvalue weighted by Crippen LogP contribution is 2.47. The first kappa shape index (κ1) is 44.9. The van der Waals surface area contributed by atoms with E-state index in [1.807, 2.05) is 72.8 Å². The van der Waals surface area contributed by atoms with Crippen molar-refractivity contribution >= 4 is 43.6 Å². The third-order valence-electron chi connectivity index (χ3n) is 14.6. The SMILES string of the molecule is CC(C)c1cc(-c2cc(F)ccc2OCC2CCCCC2COc2ccc(F)cc2-c2cc(C(C)C)cc(-n3c4ccccc4c4ccccc43)c2O)c(O)c(-n2c3ccccc3c3ccccc32)c1. The summed E-state index contributed by atoms with van der Waals surface area (Å²) in [6, 6.07) is 49.8. The van der Waals surface area contributed by atoms with Crippen molar-refractivity contribution in [1.29, 1.82) is 0 Å². The van der Waals surface area contributed by atoms with Crippen LogP contribution in [-0.2, 0) is 0 Å². The number of halogens is 2. The number of phenols is 2. The maximum atomic E-state index is 15.4. The van der Waals surface area contributed by atoms with E-state index in [1.54, 1.807) is 12.1 Å². The monoisotopic (exact) mass is 930 g/mol. The van der Waals surface area contributed by atoms with E-state index in [0.29, 0.717) is 58.3 Å². The Labute approximate surface area is 407 Å². The Bertz CT molecular complexity index is 3260. The maximum absolute atomic E-state index is 15.4. The van der Waals surface area contributed by atoms with Gasteiger partial charge in [0.15, 0.2) is 0 Å². The van der Waals surface area contributed by atoms with Crippen molar-refractivity contribution in [2.24, 2.45) is 11.8 Å². The summed E-state index contributed by atoms with van der Waals surface area (Å²) >= 11 is 0. The average molecular weight is 931 g/mol. The predicted molar refractivity (Wildman–Crippen MR) is 280 cm³/mol. The normalized spacial score (nSPS) is 15.3. The lowest BCUT2D eigenvalue weighted by Gasteiger charge is -2.32. The van der Waals surface area contributed by atoms with Crippen LogP contribution in [-0.4, -0.2) is 32.6 Å². The number of aromatic hydroxyl groups is 2. The minimum Gasteiger partial charge on any atom is -0.505 e. The van der Waals surface area contributed by atoms with E-state index in [4.69, 9.17) is 9.47 Å². The van der Waals surface area contributed by atoms with Gasteiger partial charge in [0.1, 0.15) is 34.6 Å². The van der Waals surface area contributed by atoms with E-state index in [0.717, 1.165) is 80.4 Å². The predicted octanol–water partition coefficient (Wildman–Crippen LogP) is 16.4. The molecule has 2 N–H and O–H groups in total. The van der Waals surface area contributed by atoms with E-state index in [1.165, 1.54) is 24.3 Å². The number of rotatable bonds is 12. The van der Waals surface area contributed by atoms with Gasteiger partial charge < -0.3 is 28.8 Å². The van der Waals surface area contributed by atoms with Gasteiger partial charge in [-0.2, -0.15) is 0 Å². The summed E-state index contributed by atoms with van der Waals surface area (Å²) in [5, 5.41) is 29.0. The van der Waals surface area contributed by atoms with Gasteiger partial charge in [-0.15, -0.1) is 0 Å². The second-order valence-corrected chi connectivity index (χ2v) is 19.6. The van der Waals surface area contributed by atoms with Crippen LogP contribution < -0.4 is 9.47 Å². The average Bonchev–Trinajstić information content (AvgIpc) is 3.89. The first-order valence-corrected chi connectivity index (χ1v) is 24.6. The zero-order valence-corrected chi connectivity index (χ0v) is 39.9. The molecule has 0 radical (unpaired) electrons. The molecule has 6 nitrogen and oxygen atoms in total. The summed E-state index contributed by atoms with van der Waals surface area (Å²) in [7, 11) is 0. The Morgan fingerprint density at radius 2 is 0.800 bits per heavy atom. The molecule has 0 saturated heterocycles. The highest BCUT2D eigenvalue weighted by Gasteiger charge is 2.29. The van der Waals surface area contributed by atoms with E-state index in [2.05, 4.69) is 85.4 Å².